The number of aryl methyl sites for hydroxylation is 1. The third kappa shape index (κ3) is 20.4. The molecule has 14 rings (SSSR count). The second kappa shape index (κ2) is 39.0. The molecule has 24 N–H and O–H groups in total. The van der Waals surface area contributed by atoms with Crippen molar-refractivity contribution in [2.24, 2.45) is 17.4 Å². The van der Waals surface area contributed by atoms with E-state index in [0.717, 1.165) is 78.0 Å². The van der Waals surface area contributed by atoms with Crippen LogP contribution in [0.25, 0.3) is 11.1 Å². The van der Waals surface area contributed by atoms with Gasteiger partial charge in [-0.2, -0.15) is 0 Å². The number of phenolic OH excluding ortho intramolecular Hbond substituents is 3. The van der Waals surface area contributed by atoms with Gasteiger partial charge in [0.05, 0.1) is 41.3 Å². The highest BCUT2D eigenvalue weighted by Gasteiger charge is 2.53. The molecule has 6 aromatic rings. The standard InChI is InChI=1S/C83H101Cl2N11O28/c1-8-96(40-11-9-10-34(4)21-40)19-18-89-31-54-65(103)66(104)68(106)81(120-54)124-72-55(32-97)121-82(69(107)67(72)105)123-71-52-25-39-26-53(71)119-51-17-14-38(24-45(51)85)70(122-57-30-83(6,87)73(108)35(5)117-57)63-79(114)93-61(80(115)116)43-27-41(98)28-49(100)58(43)42-22-36(12-15-48(42)99)59(76(111)95-63)92-77(112)60(39)91-75(110)47(29-56(86)101)90-78(113)62(94-74(109)46(88-7)20-33(2)3)64(102)37-13-16-50(118-52)44(84)23-37/h9-17,21-28,33,35,46-47,54-55,57,59-70,72-73,81-82,88-89,97-100,102-108H,8,18-20,29-32,87H2,1-7H3,(H2,86,101)(H,90,113)(H,91,110)(H,92,112)(H,93,114)(H,94,109)(H,95,111)(H,115,116)/t35-,46+,47-,54+,55+,57-,59-,60+,61-,62?,63-,64+,65-,66-,67+,68+,69+,70+,72+,73-,81-,82-,83-/m0/s1. The zero-order valence-electron chi connectivity index (χ0n) is 68.0. The summed E-state index contributed by atoms with van der Waals surface area (Å²) in [5.74, 6) is -16.6. The number of nitrogens with two attached hydrogens (primary N) is 2. The molecule has 23 atom stereocenters. The highest BCUT2D eigenvalue weighted by Crippen LogP contribution is 2.50. The minimum atomic E-state index is -2.42. The second-order valence-electron chi connectivity index (χ2n) is 32.0. The Labute approximate surface area is 719 Å². The summed E-state index contributed by atoms with van der Waals surface area (Å²) in [5.41, 5.74) is 10.0. The lowest BCUT2D eigenvalue weighted by atomic mass is 9.86. The smallest absolute Gasteiger partial charge is 0.330 e. The number of carboxylic acids is 1. The molecule has 124 heavy (non-hydrogen) atoms. The van der Waals surface area contributed by atoms with Crippen molar-refractivity contribution in [1.82, 2.24) is 42.5 Å². The number of hydrogen-bond acceptors (Lipinski definition) is 31. The van der Waals surface area contributed by atoms with Crippen LogP contribution in [-0.4, -0.2) is 258 Å². The van der Waals surface area contributed by atoms with Gasteiger partial charge in [-0.15, -0.1) is 0 Å². The number of aliphatic hydroxyl groups excluding tert-OH is 8. The number of aliphatic carboxylic acids is 1. The third-order valence-electron chi connectivity index (χ3n) is 22.3. The molecule has 0 aliphatic carbocycles. The van der Waals surface area contributed by atoms with E-state index in [2.05, 4.69) is 47.4 Å². The quantitative estimate of drug-likeness (QED) is 0.0408. The van der Waals surface area contributed by atoms with Crippen LogP contribution in [0.15, 0.2) is 103 Å². The topological polar surface area (TPSA) is 605 Å². The number of carbonyl (C=O) groups excluding carboxylic acids is 7. The van der Waals surface area contributed by atoms with Crippen molar-refractivity contribution in [1.29, 1.82) is 0 Å². The number of carboxylic acid groups (broad SMARTS) is 1. The summed E-state index contributed by atoms with van der Waals surface area (Å²) in [6.45, 7) is 10.7. The van der Waals surface area contributed by atoms with Crippen molar-refractivity contribution >= 4 is 76.2 Å². The number of nitrogens with zero attached hydrogens (tertiary/aromatic N) is 1. The molecule has 0 radical (unpaired) electrons. The van der Waals surface area contributed by atoms with Gasteiger partial charge in [-0.3, -0.25) is 33.6 Å². The molecule has 670 valence electrons. The fourth-order valence-electron chi connectivity index (χ4n) is 15.7. The minimum Gasteiger partial charge on any atom is -0.508 e. The maximum Gasteiger partial charge on any atom is 0.330 e. The van der Waals surface area contributed by atoms with Crippen molar-refractivity contribution in [3.05, 3.63) is 147 Å². The Balaban J connectivity index is 1.03. The molecule has 8 heterocycles. The van der Waals surface area contributed by atoms with Gasteiger partial charge in [0, 0.05) is 66.6 Å². The molecule has 39 nitrogen and oxygen atoms in total. The van der Waals surface area contributed by atoms with Crippen LogP contribution >= 0.6 is 23.2 Å². The summed E-state index contributed by atoms with van der Waals surface area (Å²) in [4.78, 5) is 122. The van der Waals surface area contributed by atoms with Gasteiger partial charge in [-0.05, 0) is 142 Å². The van der Waals surface area contributed by atoms with Gasteiger partial charge >= 0.3 is 5.97 Å². The number of fused-ring (bicyclic) bond motifs is 15. The summed E-state index contributed by atoms with van der Waals surface area (Å²) in [6.07, 6.45) is -28.9. The predicted octanol–water partition coefficient (Wildman–Crippen LogP) is 0.363. The van der Waals surface area contributed by atoms with Crippen LogP contribution in [-0.2, 0) is 62.0 Å². The Morgan fingerprint density at radius 1 is 0.685 bits per heavy atom. The number of nitrogens with one attached hydrogen (secondary N) is 8. The second-order valence-corrected chi connectivity index (χ2v) is 32.8. The first kappa shape index (κ1) is 92.8. The van der Waals surface area contributed by atoms with E-state index in [1.54, 1.807) is 0 Å². The summed E-state index contributed by atoms with van der Waals surface area (Å²) >= 11 is 14.5. The van der Waals surface area contributed by atoms with Crippen molar-refractivity contribution in [3.8, 4) is 57.1 Å². The first-order valence-electron chi connectivity index (χ1n) is 39.9. The molecule has 3 saturated heterocycles. The Kier molecular flexibility index (Phi) is 29.2. The molecule has 0 spiro atoms. The van der Waals surface area contributed by atoms with Gasteiger partial charge in [-0.1, -0.05) is 67.4 Å². The number of carbonyl (C=O) groups is 8. The van der Waals surface area contributed by atoms with Crippen molar-refractivity contribution in [2.45, 2.75) is 201 Å². The van der Waals surface area contributed by atoms with Crippen LogP contribution < -0.4 is 73.1 Å². The van der Waals surface area contributed by atoms with E-state index in [1.165, 1.54) is 33.0 Å². The maximum absolute atomic E-state index is 16.4. The average Bonchev–Trinajstić information content (AvgIpc) is 0.761. The molecule has 0 aromatic heterocycles. The average molecular weight is 1770 g/mol. The molecule has 8 aliphatic rings. The van der Waals surface area contributed by atoms with Crippen LogP contribution in [0.4, 0.5) is 5.69 Å². The molecule has 7 amide bonds. The lowest BCUT2D eigenvalue weighted by Crippen LogP contribution is -2.65. The first-order valence-corrected chi connectivity index (χ1v) is 40.7. The third-order valence-corrected chi connectivity index (χ3v) is 22.9. The van der Waals surface area contributed by atoms with E-state index in [9.17, 15) is 75.7 Å². The van der Waals surface area contributed by atoms with Gasteiger partial charge in [0.25, 0.3) is 0 Å². The Morgan fingerprint density at radius 2 is 1.32 bits per heavy atom. The fraction of sp³-hybridized carbons (Fsp3) is 0.470. The van der Waals surface area contributed by atoms with E-state index >= 15 is 24.0 Å². The Bertz CT molecular complexity index is 4980. The molecule has 3 fully saturated rings. The number of primary amides is 1. The minimum absolute atomic E-state index is 0.125. The molecule has 6 aromatic carbocycles. The van der Waals surface area contributed by atoms with Gasteiger partial charge in [0.15, 0.2) is 30.1 Å². The number of ether oxygens (including phenoxy) is 8. The summed E-state index contributed by atoms with van der Waals surface area (Å²) in [7, 11) is 1.46. The van der Waals surface area contributed by atoms with Crippen molar-refractivity contribution in [2.75, 3.05) is 44.7 Å². The summed E-state index contributed by atoms with van der Waals surface area (Å²) in [5, 5.41) is 159. The SMILES string of the molecule is CCN(CCNC[C@H]1O[C@@H](O[C@H]2[C@H](O)[C@@H](O)[C@H](Oc3c4cc5cc3Oc3ccc(cc3Cl)[C@@H](O[C@H]3C[C@](C)(N)[C@@H](O)[C@H](C)O3)[C@@H]3NC(=O)[C@@H](NC(=O)[C@@H]5NC(=O)[C@H](CC(N)=O)NC(=O)C(NC(=O)[C@@H](CC(C)C)NC)[C@H](O)c5ccc(c(Cl)c5)O4)c4ccc(O)c(c4)-c4c(O)cc(O)cc4[C@@H](C(=O)O)NC3=O)O[C@@H]2CO)[C@H](O)[C@@H](O)[C@H]1O)c1cccc(C)c1. The number of halogens is 2. The number of benzene rings is 6. The van der Waals surface area contributed by atoms with Gasteiger partial charge in [0.1, 0.15) is 120 Å². The van der Waals surface area contributed by atoms with E-state index in [1.807, 2.05) is 52.0 Å². The van der Waals surface area contributed by atoms with Crippen LogP contribution in [0.3, 0.4) is 0 Å². The highest BCUT2D eigenvalue weighted by molar-refractivity contribution is 6.32. The molecular weight excluding hydrogens is 1670 g/mol. The van der Waals surface area contributed by atoms with Crippen LogP contribution in [0.2, 0.25) is 10.0 Å². The monoisotopic (exact) mass is 1770 g/mol. The fourth-order valence-corrected chi connectivity index (χ4v) is 16.2. The van der Waals surface area contributed by atoms with E-state index < -0.39 is 279 Å². The molecule has 8 aliphatic heterocycles. The summed E-state index contributed by atoms with van der Waals surface area (Å²) in [6, 6.07) is 6.93. The largest absolute Gasteiger partial charge is 0.508 e. The molecular formula is C83H101Cl2N11O28. The van der Waals surface area contributed by atoms with Gasteiger partial charge in [0.2, 0.25) is 53.4 Å². The number of aromatic hydroxyl groups is 3. The van der Waals surface area contributed by atoms with Crippen LogP contribution in [0.1, 0.15) is 118 Å². The van der Waals surface area contributed by atoms with E-state index in [4.69, 9.17) is 72.6 Å². The zero-order valence-corrected chi connectivity index (χ0v) is 69.5. The first-order chi connectivity index (χ1) is 58.8. The zero-order chi connectivity index (χ0) is 89.9. The number of likely N-dealkylation sites (N-methyl/N-ethyl adjacent to an activating group) is 2. The Hall–Kier alpha value is -10.4. The van der Waals surface area contributed by atoms with Crippen molar-refractivity contribution in [3.63, 3.8) is 0 Å². The van der Waals surface area contributed by atoms with Crippen LogP contribution in [0, 0.1) is 12.8 Å². The maximum atomic E-state index is 16.4. The Morgan fingerprint density at radius 3 is 1.95 bits per heavy atom. The lowest BCUT2D eigenvalue weighted by Gasteiger charge is -2.46. The number of anilines is 1. The molecule has 0 saturated carbocycles. The van der Waals surface area contributed by atoms with Crippen molar-refractivity contribution < 1.29 is 138 Å². The number of aliphatic hydroxyl groups is 8. The van der Waals surface area contributed by atoms with Gasteiger partial charge in [-0.25, -0.2) is 4.79 Å². The number of amides is 7. The van der Waals surface area contributed by atoms with E-state index in [0.29, 0.717) is 19.6 Å². The van der Waals surface area contributed by atoms with E-state index in [-0.39, 0.29) is 42.0 Å². The summed E-state index contributed by atoms with van der Waals surface area (Å²) < 4.78 is 51.3. The lowest BCUT2D eigenvalue weighted by molar-refractivity contribution is -0.350. The predicted molar refractivity (Wildman–Crippen MR) is 437 cm³/mol. The number of rotatable bonds is 22. The molecule has 41 heteroatoms. The number of phenols is 3. The molecule has 11 bridgehead atoms. The highest BCUT2D eigenvalue weighted by atomic mass is 35.5. The van der Waals surface area contributed by atoms with Gasteiger partial charge < -0.3 is 158 Å². The normalized spacial score (nSPS) is 29.9. The van der Waals surface area contributed by atoms with Crippen LogP contribution in [0.5, 0.6) is 46.0 Å². The molecule has 1 unspecified atom stereocenters. The number of hydrogen-bond donors (Lipinski definition) is 22.